The van der Waals surface area contributed by atoms with Crippen molar-refractivity contribution >= 4 is 11.6 Å². The highest BCUT2D eigenvalue weighted by Gasteiger charge is 2.15. The van der Waals surface area contributed by atoms with Crippen molar-refractivity contribution < 1.29 is 5.11 Å². The number of aliphatic hydroxyl groups is 1. The van der Waals surface area contributed by atoms with E-state index in [4.69, 9.17) is 17.3 Å². The van der Waals surface area contributed by atoms with Gasteiger partial charge in [0.05, 0.1) is 12.1 Å². The fourth-order valence-electron chi connectivity index (χ4n) is 1.47. The van der Waals surface area contributed by atoms with Crippen LogP contribution in [0.1, 0.15) is 31.0 Å². The molecule has 0 saturated carbocycles. The van der Waals surface area contributed by atoms with Crippen molar-refractivity contribution in [3.05, 3.63) is 34.3 Å². The first-order valence-electron chi connectivity index (χ1n) is 4.78. The number of benzene rings is 1. The third-order valence-electron chi connectivity index (χ3n) is 2.36. The van der Waals surface area contributed by atoms with Crippen LogP contribution in [0.5, 0.6) is 0 Å². The van der Waals surface area contributed by atoms with Crippen LogP contribution in [-0.4, -0.2) is 11.2 Å². The largest absolute Gasteiger partial charge is 0.391 e. The SMILES string of the molecule is CCc1cc(Cl)ccc1[C@H](N)[C@@H](C)O. The molecule has 3 heteroatoms. The van der Waals surface area contributed by atoms with Gasteiger partial charge in [-0.3, -0.25) is 0 Å². The minimum atomic E-state index is -0.540. The Hall–Kier alpha value is -0.570. The molecule has 1 aromatic carbocycles. The van der Waals surface area contributed by atoms with Gasteiger partial charge in [0.1, 0.15) is 0 Å². The van der Waals surface area contributed by atoms with Gasteiger partial charge in [0.25, 0.3) is 0 Å². The maximum absolute atomic E-state index is 9.41. The van der Waals surface area contributed by atoms with Gasteiger partial charge in [0, 0.05) is 5.02 Å². The number of hydrogen-bond acceptors (Lipinski definition) is 2. The van der Waals surface area contributed by atoms with E-state index in [-0.39, 0.29) is 6.04 Å². The topological polar surface area (TPSA) is 46.2 Å². The highest BCUT2D eigenvalue weighted by molar-refractivity contribution is 6.30. The molecule has 14 heavy (non-hydrogen) atoms. The third-order valence-corrected chi connectivity index (χ3v) is 2.60. The maximum Gasteiger partial charge on any atom is 0.0704 e. The Morgan fingerprint density at radius 1 is 1.50 bits per heavy atom. The molecule has 0 fully saturated rings. The van der Waals surface area contributed by atoms with Crippen molar-refractivity contribution in [1.29, 1.82) is 0 Å². The zero-order chi connectivity index (χ0) is 10.7. The van der Waals surface area contributed by atoms with E-state index in [1.807, 2.05) is 19.1 Å². The molecule has 0 bridgehead atoms. The fourth-order valence-corrected chi connectivity index (χ4v) is 1.66. The molecule has 3 N–H and O–H groups in total. The van der Waals surface area contributed by atoms with Crippen LogP contribution in [0, 0.1) is 0 Å². The number of halogens is 1. The summed E-state index contributed by atoms with van der Waals surface area (Å²) in [6.07, 6.45) is 0.331. The van der Waals surface area contributed by atoms with Crippen molar-refractivity contribution in [3.8, 4) is 0 Å². The lowest BCUT2D eigenvalue weighted by Crippen LogP contribution is -2.24. The van der Waals surface area contributed by atoms with Crippen LogP contribution >= 0.6 is 11.6 Å². The normalized spacial score (nSPS) is 15.2. The molecule has 1 rings (SSSR count). The average Bonchev–Trinajstić information content (AvgIpc) is 2.16. The molecule has 2 atom stereocenters. The van der Waals surface area contributed by atoms with Crippen LogP contribution in [0.15, 0.2) is 18.2 Å². The van der Waals surface area contributed by atoms with Crippen LogP contribution in [0.25, 0.3) is 0 Å². The van der Waals surface area contributed by atoms with Gasteiger partial charge in [-0.15, -0.1) is 0 Å². The molecule has 0 radical (unpaired) electrons. The van der Waals surface area contributed by atoms with Crippen molar-refractivity contribution in [2.75, 3.05) is 0 Å². The molecule has 0 unspecified atom stereocenters. The van der Waals surface area contributed by atoms with Crippen molar-refractivity contribution in [3.63, 3.8) is 0 Å². The monoisotopic (exact) mass is 213 g/mol. The van der Waals surface area contributed by atoms with E-state index in [1.54, 1.807) is 13.0 Å². The molecular weight excluding hydrogens is 198 g/mol. The van der Waals surface area contributed by atoms with E-state index in [0.717, 1.165) is 17.5 Å². The summed E-state index contributed by atoms with van der Waals surface area (Å²) in [5, 5.41) is 10.1. The molecule has 2 nitrogen and oxygen atoms in total. The molecule has 0 aromatic heterocycles. The van der Waals surface area contributed by atoms with E-state index in [1.165, 1.54) is 0 Å². The summed E-state index contributed by atoms with van der Waals surface area (Å²) in [4.78, 5) is 0. The fraction of sp³-hybridized carbons (Fsp3) is 0.455. The van der Waals surface area contributed by atoms with Crippen molar-refractivity contribution in [2.45, 2.75) is 32.4 Å². The molecule has 0 aliphatic carbocycles. The first kappa shape index (κ1) is 11.5. The van der Waals surface area contributed by atoms with Gasteiger partial charge in [-0.1, -0.05) is 24.6 Å². The number of aliphatic hydroxyl groups excluding tert-OH is 1. The summed E-state index contributed by atoms with van der Waals surface area (Å²) in [6, 6.07) is 5.26. The lowest BCUT2D eigenvalue weighted by molar-refractivity contribution is 0.164. The highest BCUT2D eigenvalue weighted by atomic mass is 35.5. The van der Waals surface area contributed by atoms with Crippen molar-refractivity contribution in [1.82, 2.24) is 0 Å². The Morgan fingerprint density at radius 2 is 2.14 bits per heavy atom. The minimum absolute atomic E-state index is 0.331. The predicted molar refractivity (Wildman–Crippen MR) is 59.4 cm³/mol. The number of rotatable bonds is 3. The predicted octanol–water partition coefficient (Wildman–Crippen LogP) is 2.28. The van der Waals surface area contributed by atoms with Gasteiger partial charge < -0.3 is 10.8 Å². The van der Waals surface area contributed by atoms with Crippen LogP contribution in [0.2, 0.25) is 5.02 Å². The summed E-state index contributed by atoms with van der Waals surface area (Å²) >= 11 is 5.88. The number of nitrogens with two attached hydrogens (primary N) is 1. The van der Waals surface area contributed by atoms with E-state index < -0.39 is 6.10 Å². The minimum Gasteiger partial charge on any atom is -0.391 e. The van der Waals surface area contributed by atoms with Gasteiger partial charge in [-0.05, 0) is 36.6 Å². The van der Waals surface area contributed by atoms with Crippen LogP contribution in [-0.2, 0) is 6.42 Å². The van der Waals surface area contributed by atoms with Gasteiger partial charge in [-0.2, -0.15) is 0 Å². The lowest BCUT2D eigenvalue weighted by atomic mass is 9.96. The van der Waals surface area contributed by atoms with E-state index >= 15 is 0 Å². The molecule has 0 heterocycles. The Bertz CT molecular complexity index is 312. The molecule has 1 aromatic rings. The van der Waals surface area contributed by atoms with Gasteiger partial charge in [0.15, 0.2) is 0 Å². The second-order valence-corrected chi connectivity index (χ2v) is 3.90. The zero-order valence-electron chi connectivity index (χ0n) is 8.50. The van der Waals surface area contributed by atoms with Crippen LogP contribution in [0.4, 0.5) is 0 Å². The summed E-state index contributed by atoms with van der Waals surface area (Å²) < 4.78 is 0. The second kappa shape index (κ2) is 4.78. The zero-order valence-corrected chi connectivity index (χ0v) is 9.25. The quantitative estimate of drug-likeness (QED) is 0.810. The molecule has 0 aliphatic rings. The molecule has 0 saturated heterocycles. The number of aryl methyl sites for hydroxylation is 1. The average molecular weight is 214 g/mol. The molecule has 78 valence electrons. The smallest absolute Gasteiger partial charge is 0.0704 e. The standard InChI is InChI=1S/C11H16ClNO/c1-3-8-6-9(12)4-5-10(8)11(13)7(2)14/h4-7,11,14H,3,13H2,1-2H3/t7-,11-/m1/s1. The first-order chi connectivity index (χ1) is 6.56. The van der Waals surface area contributed by atoms with Gasteiger partial charge in [-0.25, -0.2) is 0 Å². The molecule has 0 aliphatic heterocycles. The van der Waals surface area contributed by atoms with E-state index in [0.29, 0.717) is 5.02 Å². The van der Waals surface area contributed by atoms with Gasteiger partial charge >= 0.3 is 0 Å². The second-order valence-electron chi connectivity index (χ2n) is 3.46. The Labute approximate surface area is 89.7 Å². The molecule has 0 amide bonds. The Balaban J connectivity index is 3.07. The lowest BCUT2D eigenvalue weighted by Gasteiger charge is -2.18. The first-order valence-corrected chi connectivity index (χ1v) is 5.16. The summed E-state index contributed by atoms with van der Waals surface area (Å²) in [5.74, 6) is 0. The third kappa shape index (κ3) is 2.47. The van der Waals surface area contributed by atoms with E-state index in [9.17, 15) is 5.11 Å². The summed E-state index contributed by atoms with van der Waals surface area (Å²) in [6.45, 7) is 3.74. The summed E-state index contributed by atoms with van der Waals surface area (Å²) in [5.41, 5.74) is 7.95. The van der Waals surface area contributed by atoms with Crippen LogP contribution < -0.4 is 5.73 Å². The molecule has 0 spiro atoms. The maximum atomic E-state index is 9.41. The van der Waals surface area contributed by atoms with Gasteiger partial charge in [0.2, 0.25) is 0 Å². The number of hydrogen-bond donors (Lipinski definition) is 2. The molecular formula is C11H16ClNO. The van der Waals surface area contributed by atoms with Crippen molar-refractivity contribution in [2.24, 2.45) is 5.73 Å². The Kier molecular flexibility index (Phi) is 3.93. The summed E-state index contributed by atoms with van der Waals surface area (Å²) in [7, 11) is 0. The highest BCUT2D eigenvalue weighted by Crippen LogP contribution is 2.23. The van der Waals surface area contributed by atoms with Crippen LogP contribution in [0.3, 0.4) is 0 Å². The Morgan fingerprint density at radius 3 is 2.64 bits per heavy atom. The van der Waals surface area contributed by atoms with E-state index in [2.05, 4.69) is 0 Å².